The molecular weight excluding hydrogens is 506 g/mol. The van der Waals surface area contributed by atoms with E-state index in [1.54, 1.807) is 0 Å². The van der Waals surface area contributed by atoms with Crippen molar-refractivity contribution in [2.45, 2.75) is 56.5 Å². The van der Waals surface area contributed by atoms with Gasteiger partial charge in [0.1, 0.15) is 11.6 Å². The van der Waals surface area contributed by atoms with Crippen LogP contribution < -0.4 is 15.4 Å². The number of aliphatic hydroxyl groups excluding tert-OH is 1. The van der Waals surface area contributed by atoms with Gasteiger partial charge in [-0.3, -0.25) is 14.6 Å². The predicted octanol–water partition coefficient (Wildman–Crippen LogP) is 3.77. The molecule has 3 aliphatic carbocycles. The van der Waals surface area contributed by atoms with Crippen LogP contribution in [0, 0.1) is 11.2 Å². The van der Waals surface area contributed by atoms with Gasteiger partial charge in [-0.05, 0) is 56.4 Å². The Morgan fingerprint density at radius 3 is 2.53 bits per heavy atom. The van der Waals surface area contributed by atoms with E-state index in [0.717, 1.165) is 24.4 Å². The van der Waals surface area contributed by atoms with E-state index in [1.165, 1.54) is 12.1 Å². The van der Waals surface area contributed by atoms with Crippen LogP contribution in [0.1, 0.15) is 43.4 Å². The first-order chi connectivity index (χ1) is 16.9. The number of alkyl halides is 3. The Balaban J connectivity index is 1.32. The van der Waals surface area contributed by atoms with Gasteiger partial charge in [-0.25, -0.2) is 4.39 Å². The van der Waals surface area contributed by atoms with E-state index in [1.807, 2.05) is 0 Å². The molecule has 3 saturated carbocycles. The average Bonchev–Trinajstić information content (AvgIpc) is 2.83. The number of aromatic nitrogens is 1. The molecule has 1 heterocycles. The Labute approximate surface area is 209 Å². The first kappa shape index (κ1) is 26.2. The first-order valence-corrected chi connectivity index (χ1v) is 11.7. The molecule has 2 amide bonds. The number of amides is 2. The maximum atomic E-state index is 13.5. The number of hydrogen-bond donors (Lipinski definition) is 3. The van der Waals surface area contributed by atoms with Crippen molar-refractivity contribution in [3.05, 3.63) is 58.6 Å². The summed E-state index contributed by atoms with van der Waals surface area (Å²) in [5.41, 5.74) is -2.61. The lowest BCUT2D eigenvalue weighted by Crippen LogP contribution is -2.65. The lowest BCUT2D eigenvalue weighted by Gasteiger charge is -2.55. The van der Waals surface area contributed by atoms with Crippen LogP contribution in [-0.4, -0.2) is 40.2 Å². The Morgan fingerprint density at radius 1 is 1.17 bits per heavy atom. The van der Waals surface area contributed by atoms with Crippen molar-refractivity contribution in [1.29, 1.82) is 0 Å². The molecule has 0 spiro atoms. The van der Waals surface area contributed by atoms with Crippen LogP contribution in [0.15, 0.2) is 36.5 Å². The predicted molar refractivity (Wildman–Crippen MR) is 120 cm³/mol. The Kier molecular flexibility index (Phi) is 7.16. The molecule has 3 fully saturated rings. The number of nitrogens with one attached hydrogen (secondary N) is 2. The lowest BCUT2D eigenvalue weighted by atomic mass is 9.55. The molecule has 194 valence electrons. The topological polar surface area (TPSA) is 101 Å². The number of carbonyl (C=O) groups is 2. The summed E-state index contributed by atoms with van der Waals surface area (Å²) in [6.07, 6.45) is -2.96. The third kappa shape index (κ3) is 5.41. The van der Waals surface area contributed by atoms with Crippen molar-refractivity contribution >= 4 is 23.4 Å². The van der Waals surface area contributed by atoms with Gasteiger partial charge in [-0.2, -0.15) is 13.2 Å². The molecule has 36 heavy (non-hydrogen) atoms. The third-order valence-corrected chi connectivity index (χ3v) is 7.32. The van der Waals surface area contributed by atoms with Crippen LogP contribution in [0.5, 0.6) is 5.75 Å². The number of pyridine rings is 1. The molecule has 2 bridgehead atoms. The summed E-state index contributed by atoms with van der Waals surface area (Å²) < 4.78 is 57.6. The molecular formula is C24H24ClF4N3O4. The van der Waals surface area contributed by atoms with Crippen LogP contribution >= 0.6 is 11.6 Å². The van der Waals surface area contributed by atoms with Crippen LogP contribution in [0.4, 0.5) is 17.6 Å². The van der Waals surface area contributed by atoms with Crippen molar-refractivity contribution in [3.63, 3.8) is 0 Å². The fourth-order valence-corrected chi connectivity index (χ4v) is 5.09. The summed E-state index contributed by atoms with van der Waals surface area (Å²) in [5, 5.41) is 16.3. The molecule has 7 nitrogen and oxygen atoms in total. The minimum atomic E-state index is -4.52. The number of carbonyl (C=O) groups excluding carboxylic acids is 2. The van der Waals surface area contributed by atoms with Gasteiger partial charge in [0.15, 0.2) is 6.61 Å². The normalized spacial score (nSPS) is 25.3. The fraction of sp³-hybridized carbons (Fsp3) is 0.458. The monoisotopic (exact) mass is 529 g/mol. The second-order valence-electron chi connectivity index (χ2n) is 9.29. The van der Waals surface area contributed by atoms with E-state index in [4.69, 9.17) is 16.3 Å². The zero-order valence-electron chi connectivity index (χ0n) is 19.0. The average molecular weight is 530 g/mol. The zero-order valence-corrected chi connectivity index (χ0v) is 19.8. The van der Waals surface area contributed by atoms with E-state index in [0.29, 0.717) is 25.7 Å². The summed E-state index contributed by atoms with van der Waals surface area (Å²) >= 11 is 5.63. The second-order valence-corrected chi connectivity index (χ2v) is 9.69. The highest BCUT2D eigenvalue weighted by Gasteiger charge is 2.58. The lowest BCUT2D eigenvalue weighted by molar-refractivity contribution is -0.156. The number of fused-ring (bicyclic) bond motifs is 3. The summed E-state index contributed by atoms with van der Waals surface area (Å²) in [6, 6.07) is 5.54. The van der Waals surface area contributed by atoms with Crippen LogP contribution in [0.3, 0.4) is 0 Å². The molecule has 0 aliphatic heterocycles. The van der Waals surface area contributed by atoms with Crippen molar-refractivity contribution in [2.24, 2.45) is 5.41 Å². The van der Waals surface area contributed by atoms with Gasteiger partial charge in [0.05, 0.1) is 34.3 Å². The van der Waals surface area contributed by atoms with E-state index in [9.17, 15) is 32.3 Å². The highest BCUT2D eigenvalue weighted by molar-refractivity contribution is 6.30. The number of benzene rings is 1. The van der Waals surface area contributed by atoms with Gasteiger partial charge >= 0.3 is 6.18 Å². The van der Waals surface area contributed by atoms with E-state index >= 15 is 0 Å². The second kappa shape index (κ2) is 9.85. The van der Waals surface area contributed by atoms with Crippen molar-refractivity contribution in [3.8, 4) is 5.75 Å². The fourth-order valence-electron chi connectivity index (χ4n) is 4.98. The minimum absolute atomic E-state index is 0.0536. The molecule has 3 N–H and O–H groups in total. The maximum Gasteiger partial charge on any atom is 0.416 e. The molecule has 0 radical (unpaired) electrons. The van der Waals surface area contributed by atoms with Gasteiger partial charge in [0.25, 0.3) is 5.91 Å². The smallest absolute Gasteiger partial charge is 0.416 e. The van der Waals surface area contributed by atoms with Gasteiger partial charge in [-0.1, -0.05) is 11.6 Å². The SMILES string of the molecule is O=C(COc1ccc(Cl)c(F)c1)NC12CCC(C(=O)NCc3cc(C(F)(F)F)ccn3)(CC1)[C@@H](O)C2. The molecule has 1 aromatic heterocycles. The molecule has 5 rings (SSSR count). The van der Waals surface area contributed by atoms with Gasteiger partial charge < -0.3 is 20.5 Å². The van der Waals surface area contributed by atoms with E-state index < -0.39 is 46.4 Å². The van der Waals surface area contributed by atoms with Crippen LogP contribution in [0.2, 0.25) is 5.02 Å². The summed E-state index contributed by atoms with van der Waals surface area (Å²) in [4.78, 5) is 29.4. The number of ether oxygens (including phenoxy) is 1. The number of nitrogens with zero attached hydrogens (tertiary/aromatic N) is 1. The van der Waals surface area contributed by atoms with Crippen molar-refractivity contribution in [1.82, 2.24) is 15.6 Å². The summed E-state index contributed by atoms with van der Waals surface area (Å²) in [5.74, 6) is -1.44. The number of halogens is 5. The standard InChI is InChI=1S/C24H24ClF4N3O4/c25-17-2-1-16(10-18(17)26)36-13-20(34)32-22-4-6-23(7-5-22,19(33)11-22)21(35)31-12-15-9-14(3-8-30-15)24(27,28)29/h1-3,8-10,19,33H,4-7,11-13H2,(H,31,35)(H,32,34)/t19-,22?,23?/m0/s1. The van der Waals surface area contributed by atoms with Crippen molar-refractivity contribution in [2.75, 3.05) is 6.61 Å². The third-order valence-electron chi connectivity index (χ3n) is 7.01. The highest BCUT2D eigenvalue weighted by atomic mass is 35.5. The Hall–Kier alpha value is -2.92. The molecule has 0 saturated heterocycles. The molecule has 2 aromatic rings. The van der Waals surface area contributed by atoms with Crippen LogP contribution in [0.25, 0.3) is 0 Å². The highest BCUT2D eigenvalue weighted by Crippen LogP contribution is 2.52. The molecule has 12 heteroatoms. The van der Waals surface area contributed by atoms with Crippen LogP contribution in [-0.2, 0) is 22.3 Å². The number of aliphatic hydroxyl groups is 1. The first-order valence-electron chi connectivity index (χ1n) is 11.3. The molecule has 1 aromatic carbocycles. The number of hydrogen-bond acceptors (Lipinski definition) is 5. The summed E-state index contributed by atoms with van der Waals surface area (Å²) in [7, 11) is 0. The largest absolute Gasteiger partial charge is 0.484 e. The molecule has 1 atom stereocenters. The van der Waals surface area contributed by atoms with Gasteiger partial charge in [0.2, 0.25) is 5.91 Å². The summed E-state index contributed by atoms with van der Waals surface area (Å²) in [6.45, 7) is -0.573. The Bertz CT molecular complexity index is 1150. The van der Waals surface area contributed by atoms with Gasteiger partial charge in [-0.15, -0.1) is 0 Å². The van der Waals surface area contributed by atoms with E-state index in [2.05, 4.69) is 15.6 Å². The van der Waals surface area contributed by atoms with Crippen molar-refractivity contribution < 1.29 is 37.0 Å². The molecule has 0 unspecified atom stereocenters. The van der Waals surface area contributed by atoms with E-state index in [-0.39, 0.29) is 36.0 Å². The van der Waals surface area contributed by atoms with Gasteiger partial charge in [0, 0.05) is 17.8 Å². The number of rotatable bonds is 7. The molecule has 3 aliphatic rings. The quantitative estimate of drug-likeness (QED) is 0.474. The maximum absolute atomic E-state index is 13.5. The zero-order chi connectivity index (χ0) is 26.1. The Morgan fingerprint density at radius 2 is 1.89 bits per heavy atom. The minimum Gasteiger partial charge on any atom is -0.484 e.